The number of anilines is 1. The van der Waals surface area contributed by atoms with Gasteiger partial charge >= 0.3 is 0 Å². The van der Waals surface area contributed by atoms with Crippen molar-refractivity contribution in [3.63, 3.8) is 0 Å². The third-order valence-electron chi connectivity index (χ3n) is 3.17. The van der Waals surface area contributed by atoms with Crippen molar-refractivity contribution in [1.82, 2.24) is 9.97 Å². The number of rotatable bonds is 3. The maximum atomic E-state index is 4.59. The zero-order valence-corrected chi connectivity index (χ0v) is 12.6. The average Bonchev–Trinajstić information content (AvgIpc) is 2.48. The second-order valence-electron chi connectivity index (χ2n) is 4.66. The van der Waals surface area contributed by atoms with Crippen LogP contribution in [0.5, 0.6) is 0 Å². The third-order valence-corrected chi connectivity index (χ3v) is 3.66. The lowest BCUT2D eigenvalue weighted by Crippen LogP contribution is -2.08. The van der Waals surface area contributed by atoms with E-state index in [1.807, 2.05) is 36.4 Å². The summed E-state index contributed by atoms with van der Waals surface area (Å²) in [5.74, 6) is 0.788. The van der Waals surface area contributed by atoms with Crippen LogP contribution < -0.4 is 5.32 Å². The Morgan fingerprint density at radius 3 is 2.65 bits per heavy atom. The average molecular weight is 328 g/mol. The Balaban J connectivity index is 1.86. The summed E-state index contributed by atoms with van der Waals surface area (Å²) in [5, 5.41) is 3.38. The quantitative estimate of drug-likeness (QED) is 0.765. The van der Waals surface area contributed by atoms with Crippen LogP contribution in [-0.4, -0.2) is 9.97 Å². The van der Waals surface area contributed by atoms with Crippen LogP contribution in [0.25, 0.3) is 11.0 Å². The highest BCUT2D eigenvalue weighted by Gasteiger charge is 2.06. The summed E-state index contributed by atoms with van der Waals surface area (Å²) in [7, 11) is 0. The maximum Gasteiger partial charge on any atom is 0.145 e. The molecule has 0 saturated heterocycles. The van der Waals surface area contributed by atoms with Crippen LogP contribution in [0, 0.1) is 0 Å². The molecular weight excluding hydrogens is 314 g/mol. The smallest absolute Gasteiger partial charge is 0.145 e. The lowest BCUT2D eigenvalue weighted by Gasteiger charge is -2.14. The van der Waals surface area contributed by atoms with Crippen molar-refractivity contribution in [3.05, 3.63) is 64.8 Å². The normalized spacial score (nSPS) is 12.3. The Bertz CT molecular complexity index is 728. The first-order chi connectivity index (χ1) is 9.72. The van der Waals surface area contributed by atoms with E-state index in [0.29, 0.717) is 0 Å². The van der Waals surface area contributed by atoms with Gasteiger partial charge in [-0.3, -0.25) is 4.98 Å². The molecule has 0 radical (unpaired) electrons. The van der Waals surface area contributed by atoms with Crippen molar-refractivity contribution in [2.45, 2.75) is 13.0 Å². The summed E-state index contributed by atoms with van der Waals surface area (Å²) >= 11 is 3.44. The first-order valence-corrected chi connectivity index (χ1v) is 7.25. The van der Waals surface area contributed by atoms with Crippen molar-refractivity contribution in [1.29, 1.82) is 0 Å². The minimum Gasteiger partial charge on any atom is -0.362 e. The molecule has 1 aromatic heterocycles. The van der Waals surface area contributed by atoms with Crippen LogP contribution in [0.3, 0.4) is 0 Å². The summed E-state index contributed by atoms with van der Waals surface area (Å²) in [6.07, 6.45) is 1.77. The molecule has 2 aromatic carbocycles. The lowest BCUT2D eigenvalue weighted by molar-refractivity contribution is 0.874. The van der Waals surface area contributed by atoms with Crippen molar-refractivity contribution < 1.29 is 0 Å². The molecule has 100 valence electrons. The molecule has 0 aliphatic heterocycles. The maximum absolute atomic E-state index is 4.59. The summed E-state index contributed by atoms with van der Waals surface area (Å²) in [6, 6.07) is 16.4. The Hall–Kier alpha value is -1.94. The van der Waals surface area contributed by atoms with Crippen LogP contribution in [0.1, 0.15) is 18.5 Å². The molecule has 0 unspecified atom stereocenters. The first kappa shape index (κ1) is 13.1. The number of aromatic nitrogens is 2. The number of benzene rings is 2. The van der Waals surface area contributed by atoms with E-state index in [1.165, 1.54) is 5.56 Å². The molecule has 3 nitrogen and oxygen atoms in total. The van der Waals surface area contributed by atoms with Gasteiger partial charge < -0.3 is 5.32 Å². The van der Waals surface area contributed by atoms with Crippen molar-refractivity contribution in [2.24, 2.45) is 0 Å². The van der Waals surface area contributed by atoms with Gasteiger partial charge in [0.1, 0.15) is 5.82 Å². The molecule has 0 saturated carbocycles. The van der Waals surface area contributed by atoms with Gasteiger partial charge in [-0.15, -0.1) is 0 Å². The van der Waals surface area contributed by atoms with Crippen LogP contribution in [0.4, 0.5) is 5.82 Å². The predicted octanol–water partition coefficient (Wildman–Crippen LogP) is 4.57. The second kappa shape index (κ2) is 5.59. The molecule has 0 bridgehead atoms. The number of halogens is 1. The summed E-state index contributed by atoms with van der Waals surface area (Å²) < 4.78 is 1.01. The second-order valence-corrected chi connectivity index (χ2v) is 5.58. The highest BCUT2D eigenvalue weighted by Crippen LogP contribution is 2.20. The van der Waals surface area contributed by atoms with E-state index in [0.717, 1.165) is 21.3 Å². The fourth-order valence-corrected chi connectivity index (χ4v) is 2.45. The van der Waals surface area contributed by atoms with E-state index in [4.69, 9.17) is 0 Å². The van der Waals surface area contributed by atoms with Gasteiger partial charge in [0.15, 0.2) is 0 Å². The molecule has 0 amide bonds. The fraction of sp³-hybridized carbons (Fsp3) is 0.125. The number of nitrogens with one attached hydrogen (secondary N) is 1. The minimum absolute atomic E-state index is 0.193. The standard InChI is InChI=1S/C16H14BrN3/c1-11(12-5-3-2-4-6-12)19-16-10-18-15-9-13(17)7-8-14(15)20-16/h2-11H,1H3,(H,19,20)/t11-/m0/s1. The lowest BCUT2D eigenvalue weighted by atomic mass is 10.1. The molecule has 3 aromatic rings. The van der Waals surface area contributed by atoms with Crippen LogP contribution in [0.15, 0.2) is 59.2 Å². The van der Waals surface area contributed by atoms with Crippen LogP contribution in [-0.2, 0) is 0 Å². The fourth-order valence-electron chi connectivity index (χ4n) is 2.10. The molecule has 0 aliphatic carbocycles. The van der Waals surface area contributed by atoms with Crippen LogP contribution >= 0.6 is 15.9 Å². The molecule has 0 aliphatic rings. The predicted molar refractivity (Wildman–Crippen MR) is 85.7 cm³/mol. The number of fused-ring (bicyclic) bond motifs is 1. The molecule has 1 atom stereocenters. The van der Waals surface area contributed by atoms with Gasteiger partial charge in [-0.05, 0) is 30.7 Å². The SMILES string of the molecule is C[C@H](Nc1cnc2cc(Br)ccc2n1)c1ccccc1. The van der Waals surface area contributed by atoms with E-state index in [1.54, 1.807) is 6.20 Å². The van der Waals surface area contributed by atoms with Crippen molar-refractivity contribution in [3.8, 4) is 0 Å². The Labute approximate surface area is 126 Å². The Kier molecular flexibility index (Phi) is 3.65. The van der Waals surface area contributed by atoms with Crippen molar-refractivity contribution >= 4 is 32.8 Å². The van der Waals surface area contributed by atoms with Gasteiger partial charge in [-0.25, -0.2) is 4.98 Å². The van der Waals surface area contributed by atoms with E-state index >= 15 is 0 Å². The van der Waals surface area contributed by atoms with E-state index in [9.17, 15) is 0 Å². The van der Waals surface area contributed by atoms with E-state index < -0.39 is 0 Å². The molecule has 0 fully saturated rings. The number of nitrogens with zero attached hydrogens (tertiary/aromatic N) is 2. The highest BCUT2D eigenvalue weighted by atomic mass is 79.9. The molecular formula is C16H14BrN3. The Morgan fingerprint density at radius 2 is 1.85 bits per heavy atom. The zero-order chi connectivity index (χ0) is 13.9. The Morgan fingerprint density at radius 1 is 1.05 bits per heavy atom. The van der Waals surface area contributed by atoms with Gasteiger partial charge in [-0.1, -0.05) is 46.3 Å². The van der Waals surface area contributed by atoms with E-state index in [-0.39, 0.29) is 6.04 Å². The summed E-state index contributed by atoms with van der Waals surface area (Å²) in [4.78, 5) is 9.02. The monoisotopic (exact) mass is 327 g/mol. The number of hydrogen-bond donors (Lipinski definition) is 1. The number of hydrogen-bond acceptors (Lipinski definition) is 3. The minimum atomic E-state index is 0.193. The summed E-state index contributed by atoms with van der Waals surface area (Å²) in [5.41, 5.74) is 3.00. The topological polar surface area (TPSA) is 37.8 Å². The molecule has 1 heterocycles. The molecule has 20 heavy (non-hydrogen) atoms. The zero-order valence-electron chi connectivity index (χ0n) is 11.0. The molecule has 3 rings (SSSR count). The van der Waals surface area contributed by atoms with Gasteiger partial charge in [-0.2, -0.15) is 0 Å². The van der Waals surface area contributed by atoms with Gasteiger partial charge in [0.25, 0.3) is 0 Å². The van der Waals surface area contributed by atoms with Gasteiger partial charge in [0.05, 0.1) is 17.2 Å². The third kappa shape index (κ3) is 2.80. The molecule has 4 heteroatoms. The molecule has 1 N–H and O–H groups in total. The van der Waals surface area contributed by atoms with Crippen LogP contribution in [0.2, 0.25) is 0 Å². The summed E-state index contributed by atoms with van der Waals surface area (Å²) in [6.45, 7) is 2.11. The molecule has 0 spiro atoms. The highest BCUT2D eigenvalue weighted by molar-refractivity contribution is 9.10. The van der Waals surface area contributed by atoms with Gasteiger partial charge in [0.2, 0.25) is 0 Å². The van der Waals surface area contributed by atoms with Gasteiger partial charge in [0, 0.05) is 10.5 Å². The largest absolute Gasteiger partial charge is 0.362 e. The first-order valence-electron chi connectivity index (χ1n) is 6.46. The van der Waals surface area contributed by atoms with Crippen molar-refractivity contribution in [2.75, 3.05) is 5.32 Å². The van der Waals surface area contributed by atoms with E-state index in [2.05, 4.69) is 50.3 Å².